The number of ether oxygens (including phenoxy) is 2. The molecule has 0 bridgehead atoms. The van der Waals surface area contributed by atoms with Crippen molar-refractivity contribution in [2.75, 3.05) is 33.4 Å². The summed E-state index contributed by atoms with van der Waals surface area (Å²) >= 11 is 1.32. The average molecular weight is 528 g/mol. The van der Waals surface area contributed by atoms with Gasteiger partial charge in [0.05, 0.1) is 23.8 Å². The van der Waals surface area contributed by atoms with Gasteiger partial charge in [-0.2, -0.15) is 0 Å². The number of likely N-dealkylation sites (N-methyl/N-ethyl adjacent to an activating group) is 1. The van der Waals surface area contributed by atoms with Gasteiger partial charge in [-0.05, 0) is 66.2 Å². The molecule has 8 heteroatoms. The molecule has 2 aliphatic rings. The van der Waals surface area contributed by atoms with Crippen LogP contribution in [0.2, 0.25) is 0 Å². The minimum Gasteiger partial charge on any atom is -0.489 e. The highest BCUT2D eigenvalue weighted by Crippen LogP contribution is 2.33. The van der Waals surface area contributed by atoms with E-state index in [0.29, 0.717) is 54.2 Å². The van der Waals surface area contributed by atoms with Crippen LogP contribution in [-0.2, 0) is 16.1 Å². The van der Waals surface area contributed by atoms with Crippen molar-refractivity contribution in [1.29, 1.82) is 0 Å². The van der Waals surface area contributed by atoms with Gasteiger partial charge in [-0.25, -0.2) is 4.99 Å². The van der Waals surface area contributed by atoms with E-state index in [0.717, 1.165) is 16.9 Å². The number of carbonyl (C=O) groups is 2. The summed E-state index contributed by atoms with van der Waals surface area (Å²) in [6.07, 6.45) is 1.86. The fourth-order valence-corrected chi connectivity index (χ4v) is 5.07. The van der Waals surface area contributed by atoms with Crippen LogP contribution in [0.4, 0.5) is 5.69 Å². The first-order chi connectivity index (χ1) is 18.5. The second-order valence-corrected chi connectivity index (χ2v) is 10.2. The number of amidine groups is 1. The molecule has 0 aromatic heterocycles. The second kappa shape index (κ2) is 11.7. The molecule has 5 rings (SSSR count). The third kappa shape index (κ3) is 6.15. The molecule has 0 spiro atoms. The van der Waals surface area contributed by atoms with Gasteiger partial charge in [0.1, 0.15) is 12.4 Å². The molecule has 2 aliphatic heterocycles. The first kappa shape index (κ1) is 25.8. The van der Waals surface area contributed by atoms with Crippen LogP contribution >= 0.6 is 11.8 Å². The Morgan fingerprint density at radius 2 is 1.79 bits per heavy atom. The van der Waals surface area contributed by atoms with Crippen molar-refractivity contribution in [2.45, 2.75) is 13.5 Å². The molecule has 0 radical (unpaired) electrons. The number of hydrogen-bond donors (Lipinski definition) is 0. The predicted molar refractivity (Wildman–Crippen MR) is 151 cm³/mol. The van der Waals surface area contributed by atoms with Crippen molar-refractivity contribution >= 4 is 40.5 Å². The number of aliphatic imine (C=N–C) groups is 1. The van der Waals surface area contributed by atoms with Crippen molar-refractivity contribution in [1.82, 2.24) is 9.80 Å². The van der Waals surface area contributed by atoms with E-state index in [1.807, 2.05) is 42.5 Å². The standard InChI is InChI=1S/C30H29N3O4S/c1-21-6-8-23(9-7-21)20-37-26-12-10-22(11-13-26)18-27-29(35)32(2)30(38-27)31-25-5-3-4-24(19-25)28(34)33-14-16-36-17-15-33/h3-13,18-19H,14-17,20H2,1-2H3/b27-18+,31-30?. The number of nitrogens with zero attached hydrogens (tertiary/aromatic N) is 3. The molecule has 0 N–H and O–H groups in total. The lowest BCUT2D eigenvalue weighted by Crippen LogP contribution is -2.40. The van der Waals surface area contributed by atoms with E-state index >= 15 is 0 Å². The molecule has 2 fully saturated rings. The summed E-state index contributed by atoms with van der Waals surface area (Å²) in [5, 5.41) is 0.565. The normalized spacial score (nSPS) is 17.9. The van der Waals surface area contributed by atoms with Crippen molar-refractivity contribution in [3.63, 3.8) is 0 Å². The highest BCUT2D eigenvalue weighted by molar-refractivity contribution is 8.18. The number of amides is 2. The molecular formula is C30H29N3O4S. The van der Waals surface area contributed by atoms with E-state index in [1.54, 1.807) is 24.1 Å². The lowest BCUT2D eigenvalue weighted by molar-refractivity contribution is -0.121. The van der Waals surface area contributed by atoms with Gasteiger partial charge in [-0.15, -0.1) is 0 Å². The zero-order valence-corrected chi connectivity index (χ0v) is 22.2. The monoisotopic (exact) mass is 527 g/mol. The second-order valence-electron chi connectivity index (χ2n) is 9.17. The van der Waals surface area contributed by atoms with E-state index in [-0.39, 0.29) is 11.8 Å². The fourth-order valence-electron chi connectivity index (χ4n) is 4.08. The summed E-state index contributed by atoms with van der Waals surface area (Å²) in [6.45, 7) is 4.83. The SMILES string of the molecule is Cc1ccc(COc2ccc(/C=C3/SC(=Nc4cccc(C(=O)N5CCOCC5)c4)N(C)C3=O)cc2)cc1. The van der Waals surface area contributed by atoms with Gasteiger partial charge in [-0.1, -0.05) is 48.0 Å². The summed E-state index contributed by atoms with van der Waals surface area (Å²) in [7, 11) is 1.71. The molecule has 3 aromatic rings. The first-order valence-corrected chi connectivity index (χ1v) is 13.3. The molecule has 38 heavy (non-hydrogen) atoms. The Kier molecular flexibility index (Phi) is 7.91. The maximum Gasteiger partial charge on any atom is 0.266 e. The van der Waals surface area contributed by atoms with Gasteiger partial charge < -0.3 is 14.4 Å². The number of carbonyl (C=O) groups excluding carboxylic acids is 2. The molecule has 0 atom stereocenters. The Bertz CT molecular complexity index is 1380. The predicted octanol–water partition coefficient (Wildman–Crippen LogP) is 5.28. The van der Waals surface area contributed by atoms with Gasteiger partial charge in [0.15, 0.2) is 5.17 Å². The Labute approximate surface area is 226 Å². The Hall–Kier alpha value is -3.88. The van der Waals surface area contributed by atoms with Crippen LogP contribution in [0, 0.1) is 6.92 Å². The molecule has 3 aromatic carbocycles. The zero-order valence-electron chi connectivity index (χ0n) is 21.4. The van der Waals surface area contributed by atoms with Gasteiger partial charge in [0, 0.05) is 25.7 Å². The third-order valence-corrected chi connectivity index (χ3v) is 7.38. The number of hydrogen-bond acceptors (Lipinski definition) is 6. The lowest BCUT2D eigenvalue weighted by Gasteiger charge is -2.26. The summed E-state index contributed by atoms with van der Waals surface area (Å²) in [4.78, 5) is 34.3. The van der Waals surface area contributed by atoms with Gasteiger partial charge in [0.2, 0.25) is 0 Å². The summed E-state index contributed by atoms with van der Waals surface area (Å²) in [5.74, 6) is 0.615. The van der Waals surface area contributed by atoms with E-state index in [1.165, 1.54) is 22.2 Å². The third-order valence-electron chi connectivity index (χ3n) is 6.32. The molecule has 7 nitrogen and oxygen atoms in total. The Balaban J connectivity index is 1.25. The molecule has 0 aliphatic carbocycles. The minimum atomic E-state index is -0.117. The average Bonchev–Trinajstić information content (AvgIpc) is 3.21. The molecule has 194 valence electrons. The quantitative estimate of drug-likeness (QED) is 0.408. The molecular weight excluding hydrogens is 498 g/mol. The van der Waals surface area contributed by atoms with Gasteiger partial charge >= 0.3 is 0 Å². The maximum atomic E-state index is 12.9. The van der Waals surface area contributed by atoms with Crippen LogP contribution in [0.25, 0.3) is 6.08 Å². The van der Waals surface area contributed by atoms with Crippen molar-refractivity contribution < 1.29 is 19.1 Å². The maximum absolute atomic E-state index is 12.9. The first-order valence-electron chi connectivity index (χ1n) is 12.5. The molecule has 2 amide bonds. The molecule has 2 heterocycles. The number of morpholine rings is 1. The van der Waals surface area contributed by atoms with Crippen LogP contribution < -0.4 is 4.74 Å². The summed E-state index contributed by atoms with van der Waals surface area (Å²) in [6, 6.07) is 23.1. The van der Waals surface area contributed by atoms with Crippen LogP contribution in [0.15, 0.2) is 82.7 Å². The number of aryl methyl sites for hydroxylation is 1. The molecule has 0 unspecified atom stereocenters. The molecule has 2 saturated heterocycles. The summed E-state index contributed by atoms with van der Waals surface area (Å²) in [5.41, 5.74) is 4.43. The Morgan fingerprint density at radius 3 is 2.53 bits per heavy atom. The van der Waals surface area contributed by atoms with E-state index in [4.69, 9.17) is 9.47 Å². The van der Waals surface area contributed by atoms with Crippen LogP contribution in [-0.4, -0.2) is 60.1 Å². The van der Waals surface area contributed by atoms with Crippen LogP contribution in [0.5, 0.6) is 5.75 Å². The van der Waals surface area contributed by atoms with E-state index in [9.17, 15) is 9.59 Å². The van der Waals surface area contributed by atoms with E-state index in [2.05, 4.69) is 36.2 Å². The Morgan fingerprint density at radius 1 is 1.05 bits per heavy atom. The lowest BCUT2D eigenvalue weighted by atomic mass is 10.1. The van der Waals surface area contributed by atoms with Crippen LogP contribution in [0.1, 0.15) is 27.0 Å². The largest absolute Gasteiger partial charge is 0.489 e. The number of rotatable bonds is 6. The van der Waals surface area contributed by atoms with E-state index < -0.39 is 0 Å². The van der Waals surface area contributed by atoms with Crippen molar-refractivity contribution in [3.8, 4) is 5.75 Å². The van der Waals surface area contributed by atoms with Crippen molar-refractivity contribution in [2.24, 2.45) is 4.99 Å². The fraction of sp³-hybridized carbons (Fsp3) is 0.233. The number of benzene rings is 3. The topological polar surface area (TPSA) is 71.4 Å². The smallest absolute Gasteiger partial charge is 0.266 e. The minimum absolute atomic E-state index is 0.0364. The number of thioether (sulfide) groups is 1. The van der Waals surface area contributed by atoms with Crippen LogP contribution in [0.3, 0.4) is 0 Å². The van der Waals surface area contributed by atoms with Crippen molar-refractivity contribution in [3.05, 3.63) is 100.0 Å². The van der Waals surface area contributed by atoms with Gasteiger partial charge in [0.25, 0.3) is 11.8 Å². The van der Waals surface area contributed by atoms with Gasteiger partial charge in [-0.3, -0.25) is 14.5 Å². The zero-order chi connectivity index (χ0) is 26.5. The molecule has 0 saturated carbocycles. The summed E-state index contributed by atoms with van der Waals surface area (Å²) < 4.78 is 11.2. The highest BCUT2D eigenvalue weighted by Gasteiger charge is 2.30. The highest BCUT2D eigenvalue weighted by atomic mass is 32.2.